The van der Waals surface area contributed by atoms with Gasteiger partial charge in [0.05, 0.1) is 0 Å². The summed E-state index contributed by atoms with van der Waals surface area (Å²) in [4.78, 5) is 22.5. The summed E-state index contributed by atoms with van der Waals surface area (Å²) >= 11 is 0. The normalized spacial score (nSPS) is 28.9. The number of nitrogens with zero attached hydrogens (tertiary/aromatic N) is 1. The van der Waals surface area contributed by atoms with Crippen LogP contribution in [0.2, 0.25) is 0 Å². The maximum Gasteiger partial charge on any atom is 0.407 e. The Morgan fingerprint density at radius 2 is 2.14 bits per heavy atom. The summed E-state index contributed by atoms with van der Waals surface area (Å²) in [6.45, 7) is 1.29. The minimum Gasteiger partial charge on any atom is -0.465 e. The van der Waals surface area contributed by atoms with Gasteiger partial charge in [-0.05, 0) is 30.6 Å². The second-order valence-corrected chi connectivity index (χ2v) is 4.44. The van der Waals surface area contributed by atoms with Crippen LogP contribution in [0.5, 0.6) is 0 Å². The van der Waals surface area contributed by atoms with Gasteiger partial charge in [0.1, 0.15) is 6.29 Å². The molecule has 4 heteroatoms. The number of carbonyl (C=O) groups is 2. The molecule has 1 unspecified atom stereocenters. The molecule has 1 saturated heterocycles. The number of rotatable bonds is 2. The average molecular weight is 197 g/mol. The Balaban J connectivity index is 1.85. The number of hydrogen-bond donors (Lipinski definition) is 1. The molecule has 2 fully saturated rings. The lowest BCUT2D eigenvalue weighted by atomic mass is 9.90. The molecule has 0 aromatic rings. The lowest BCUT2D eigenvalue weighted by Gasteiger charge is -2.30. The third kappa shape index (κ3) is 1.49. The Hall–Kier alpha value is -1.06. The van der Waals surface area contributed by atoms with Gasteiger partial charge in [-0.25, -0.2) is 4.79 Å². The molecule has 0 radical (unpaired) electrons. The standard InChI is InChI=1S/C10H15NO3/c12-6-1-8-7-10(8)2-4-11(5-3-10)9(13)14/h6,8H,1-5,7H2,(H,13,14). The minimum absolute atomic E-state index is 0.326. The fourth-order valence-electron chi connectivity index (χ4n) is 2.64. The third-order valence-electron chi connectivity index (χ3n) is 3.77. The van der Waals surface area contributed by atoms with Gasteiger partial charge in [-0.2, -0.15) is 0 Å². The van der Waals surface area contributed by atoms with Gasteiger partial charge in [0, 0.05) is 19.5 Å². The fourth-order valence-corrected chi connectivity index (χ4v) is 2.64. The van der Waals surface area contributed by atoms with Crippen molar-refractivity contribution >= 4 is 12.4 Å². The number of piperidine rings is 1. The average Bonchev–Trinajstić information content (AvgIpc) is 2.80. The number of carbonyl (C=O) groups excluding carboxylic acids is 1. The van der Waals surface area contributed by atoms with Crippen LogP contribution in [-0.4, -0.2) is 35.5 Å². The monoisotopic (exact) mass is 197 g/mol. The quantitative estimate of drug-likeness (QED) is 0.680. The maximum atomic E-state index is 10.7. The largest absolute Gasteiger partial charge is 0.465 e. The van der Waals surface area contributed by atoms with E-state index in [4.69, 9.17) is 5.11 Å². The smallest absolute Gasteiger partial charge is 0.407 e. The van der Waals surface area contributed by atoms with E-state index in [0.29, 0.717) is 30.8 Å². The van der Waals surface area contributed by atoms with Crippen molar-refractivity contribution in [3.63, 3.8) is 0 Å². The summed E-state index contributed by atoms with van der Waals surface area (Å²) in [5, 5.41) is 8.77. The first kappa shape index (κ1) is 9.49. The summed E-state index contributed by atoms with van der Waals surface area (Å²) in [6.07, 6.45) is 3.85. The predicted molar refractivity (Wildman–Crippen MR) is 50.1 cm³/mol. The van der Waals surface area contributed by atoms with Crippen molar-refractivity contribution in [3.8, 4) is 0 Å². The number of aldehydes is 1. The van der Waals surface area contributed by atoms with Gasteiger partial charge in [0.2, 0.25) is 0 Å². The van der Waals surface area contributed by atoms with Crippen molar-refractivity contribution in [1.82, 2.24) is 4.90 Å². The highest BCUT2D eigenvalue weighted by molar-refractivity contribution is 5.65. The highest BCUT2D eigenvalue weighted by Crippen LogP contribution is 2.60. The third-order valence-corrected chi connectivity index (χ3v) is 3.77. The number of carboxylic acid groups (broad SMARTS) is 1. The van der Waals surface area contributed by atoms with Gasteiger partial charge in [-0.15, -0.1) is 0 Å². The molecule has 1 spiro atoms. The second-order valence-electron chi connectivity index (χ2n) is 4.44. The van der Waals surface area contributed by atoms with E-state index >= 15 is 0 Å². The molecular weight excluding hydrogens is 182 g/mol. The molecule has 14 heavy (non-hydrogen) atoms. The zero-order chi connectivity index (χ0) is 10.2. The van der Waals surface area contributed by atoms with Crippen molar-refractivity contribution in [2.24, 2.45) is 11.3 Å². The SMILES string of the molecule is O=CCC1CC12CCN(C(=O)O)CC2. The number of hydrogen-bond acceptors (Lipinski definition) is 2. The van der Waals surface area contributed by atoms with Crippen molar-refractivity contribution < 1.29 is 14.7 Å². The zero-order valence-corrected chi connectivity index (χ0v) is 8.11. The summed E-state index contributed by atoms with van der Waals surface area (Å²) in [5.41, 5.74) is 0.326. The first-order chi connectivity index (χ1) is 6.68. The highest BCUT2D eigenvalue weighted by atomic mass is 16.4. The molecule has 0 aromatic carbocycles. The van der Waals surface area contributed by atoms with Crippen LogP contribution in [-0.2, 0) is 4.79 Å². The summed E-state index contributed by atoms with van der Waals surface area (Å²) < 4.78 is 0. The predicted octanol–water partition coefficient (Wildman–Crippen LogP) is 1.36. The van der Waals surface area contributed by atoms with E-state index in [1.165, 1.54) is 4.90 Å². The molecule has 78 valence electrons. The van der Waals surface area contributed by atoms with Crippen molar-refractivity contribution in [2.75, 3.05) is 13.1 Å². The Morgan fingerprint density at radius 3 is 2.64 bits per heavy atom. The maximum absolute atomic E-state index is 10.7. The molecule has 1 heterocycles. The van der Waals surface area contributed by atoms with E-state index < -0.39 is 6.09 Å². The molecule has 2 aliphatic rings. The van der Waals surface area contributed by atoms with Crippen molar-refractivity contribution in [3.05, 3.63) is 0 Å². The summed E-state index contributed by atoms with van der Waals surface area (Å²) in [7, 11) is 0. The Bertz CT molecular complexity index is 256. The first-order valence-corrected chi connectivity index (χ1v) is 5.09. The van der Waals surface area contributed by atoms with Crippen molar-refractivity contribution in [1.29, 1.82) is 0 Å². The van der Waals surface area contributed by atoms with Crippen LogP contribution >= 0.6 is 0 Å². The van der Waals surface area contributed by atoms with E-state index in [1.807, 2.05) is 0 Å². The summed E-state index contributed by atoms with van der Waals surface area (Å²) in [5.74, 6) is 0.538. The van der Waals surface area contributed by atoms with Crippen molar-refractivity contribution in [2.45, 2.75) is 25.7 Å². The molecule has 1 aliphatic heterocycles. The van der Waals surface area contributed by atoms with Crippen LogP contribution in [0.3, 0.4) is 0 Å². The lowest BCUT2D eigenvalue weighted by Crippen LogP contribution is -2.38. The molecule has 1 saturated carbocycles. The van der Waals surface area contributed by atoms with Crippen LogP contribution < -0.4 is 0 Å². The fraction of sp³-hybridized carbons (Fsp3) is 0.800. The molecule has 4 nitrogen and oxygen atoms in total. The Kier molecular flexibility index (Phi) is 2.21. The lowest BCUT2D eigenvalue weighted by molar-refractivity contribution is -0.108. The summed E-state index contributed by atoms with van der Waals surface area (Å²) in [6, 6.07) is 0. The molecule has 2 rings (SSSR count). The zero-order valence-electron chi connectivity index (χ0n) is 8.11. The van der Waals surface area contributed by atoms with Gasteiger partial charge >= 0.3 is 6.09 Å². The van der Waals surface area contributed by atoms with E-state index in [2.05, 4.69) is 0 Å². The van der Waals surface area contributed by atoms with Crippen LogP contribution in [0.15, 0.2) is 0 Å². The van der Waals surface area contributed by atoms with E-state index in [9.17, 15) is 9.59 Å². The second kappa shape index (κ2) is 3.26. The molecule has 0 aromatic heterocycles. The van der Waals surface area contributed by atoms with Crippen LogP contribution in [0.25, 0.3) is 0 Å². The van der Waals surface area contributed by atoms with E-state index in [0.717, 1.165) is 25.5 Å². The van der Waals surface area contributed by atoms with E-state index in [1.54, 1.807) is 0 Å². The van der Waals surface area contributed by atoms with Gasteiger partial charge in [-0.3, -0.25) is 0 Å². The Morgan fingerprint density at radius 1 is 1.50 bits per heavy atom. The van der Waals surface area contributed by atoms with Crippen LogP contribution in [0, 0.1) is 11.3 Å². The van der Waals surface area contributed by atoms with Gasteiger partial charge in [0.25, 0.3) is 0 Å². The Labute approximate surface area is 82.9 Å². The topological polar surface area (TPSA) is 57.6 Å². The van der Waals surface area contributed by atoms with Crippen LogP contribution in [0.1, 0.15) is 25.7 Å². The van der Waals surface area contributed by atoms with Gasteiger partial charge < -0.3 is 14.8 Å². The molecular formula is C10H15NO3. The minimum atomic E-state index is -0.813. The molecule has 1 atom stereocenters. The molecule has 1 amide bonds. The number of likely N-dealkylation sites (tertiary alicyclic amines) is 1. The number of amides is 1. The highest BCUT2D eigenvalue weighted by Gasteiger charge is 2.54. The van der Waals surface area contributed by atoms with Crippen LogP contribution in [0.4, 0.5) is 4.79 Å². The van der Waals surface area contributed by atoms with Gasteiger partial charge in [-0.1, -0.05) is 0 Å². The van der Waals surface area contributed by atoms with E-state index in [-0.39, 0.29) is 0 Å². The molecule has 1 N–H and O–H groups in total. The van der Waals surface area contributed by atoms with Gasteiger partial charge in [0.15, 0.2) is 0 Å². The first-order valence-electron chi connectivity index (χ1n) is 5.09. The molecule has 1 aliphatic carbocycles. The molecule has 0 bridgehead atoms.